The number of hydrogen-bond donors (Lipinski definition) is 2. The van der Waals surface area contributed by atoms with Gasteiger partial charge in [0.25, 0.3) is 0 Å². The van der Waals surface area contributed by atoms with Gasteiger partial charge in [0.05, 0.1) is 12.1 Å². The van der Waals surface area contributed by atoms with Crippen LogP contribution in [-0.2, 0) is 5.54 Å². The van der Waals surface area contributed by atoms with Crippen LogP contribution in [0, 0.1) is 0 Å². The molecule has 1 fully saturated rings. The summed E-state index contributed by atoms with van der Waals surface area (Å²) in [4.78, 5) is 4.90. The zero-order chi connectivity index (χ0) is 15.3. The van der Waals surface area contributed by atoms with Crippen LogP contribution in [0.3, 0.4) is 0 Å². The third-order valence-electron chi connectivity index (χ3n) is 4.66. The van der Waals surface area contributed by atoms with E-state index in [1.807, 2.05) is 30.3 Å². The molecule has 118 valence electrons. The number of nitrogens with zero attached hydrogens (tertiary/aromatic N) is 2. The van der Waals surface area contributed by atoms with E-state index in [4.69, 9.17) is 5.73 Å². The van der Waals surface area contributed by atoms with Crippen molar-refractivity contribution in [2.45, 2.75) is 31.3 Å². The summed E-state index contributed by atoms with van der Waals surface area (Å²) < 4.78 is 0. The molecule has 0 aliphatic carbocycles. The highest BCUT2D eigenvalue weighted by atomic mass is 16.3. The second-order valence-corrected chi connectivity index (χ2v) is 6.43. The normalized spacial score (nSPS) is 24.5. The molecule has 1 aliphatic rings. The zero-order valence-corrected chi connectivity index (χ0v) is 13.3. The minimum absolute atomic E-state index is 0.0147. The Balaban J connectivity index is 1.99. The maximum Gasteiger partial charge on any atom is 0.0656 e. The Hall–Kier alpha value is -0.940. The second-order valence-electron chi connectivity index (χ2n) is 6.43. The topological polar surface area (TPSA) is 52.7 Å². The zero-order valence-electron chi connectivity index (χ0n) is 13.3. The van der Waals surface area contributed by atoms with Gasteiger partial charge in [-0.1, -0.05) is 30.3 Å². The summed E-state index contributed by atoms with van der Waals surface area (Å²) in [7, 11) is 2.19. The Bertz CT molecular complexity index is 425. The van der Waals surface area contributed by atoms with Gasteiger partial charge in [-0.3, -0.25) is 4.90 Å². The van der Waals surface area contributed by atoms with Crippen LogP contribution >= 0.6 is 0 Å². The van der Waals surface area contributed by atoms with Crippen molar-refractivity contribution < 1.29 is 5.11 Å². The molecule has 1 aromatic rings. The third kappa shape index (κ3) is 4.27. The van der Waals surface area contributed by atoms with Crippen LogP contribution in [0.5, 0.6) is 0 Å². The molecule has 1 aliphatic heterocycles. The van der Waals surface area contributed by atoms with Crippen molar-refractivity contribution >= 4 is 0 Å². The molecular weight excluding hydrogens is 262 g/mol. The number of rotatable bonds is 5. The summed E-state index contributed by atoms with van der Waals surface area (Å²) in [5.74, 6) is 0. The van der Waals surface area contributed by atoms with E-state index in [1.165, 1.54) is 6.42 Å². The van der Waals surface area contributed by atoms with Crippen molar-refractivity contribution in [2.75, 3.05) is 39.8 Å². The number of benzene rings is 1. The summed E-state index contributed by atoms with van der Waals surface area (Å²) in [6.07, 6.45) is 1.98. The lowest BCUT2D eigenvalue weighted by Gasteiger charge is -2.33. The Morgan fingerprint density at radius 2 is 2.00 bits per heavy atom. The summed E-state index contributed by atoms with van der Waals surface area (Å²) in [5, 5.41) is 9.78. The SMILES string of the molecule is CC1CN(C)CCCN1CCC(N)(CO)c1ccccc1. The van der Waals surface area contributed by atoms with Gasteiger partial charge in [0.2, 0.25) is 0 Å². The fourth-order valence-corrected chi connectivity index (χ4v) is 3.18. The van der Waals surface area contributed by atoms with Crippen molar-refractivity contribution in [3.63, 3.8) is 0 Å². The Kier molecular flexibility index (Phi) is 5.76. The van der Waals surface area contributed by atoms with E-state index in [2.05, 4.69) is 23.8 Å². The number of likely N-dealkylation sites (N-methyl/N-ethyl adjacent to an activating group) is 1. The van der Waals surface area contributed by atoms with Crippen molar-refractivity contribution in [3.05, 3.63) is 35.9 Å². The average molecular weight is 291 g/mol. The van der Waals surface area contributed by atoms with E-state index in [0.29, 0.717) is 6.04 Å². The molecule has 4 heteroatoms. The van der Waals surface area contributed by atoms with Crippen LogP contribution in [-0.4, -0.2) is 60.8 Å². The van der Waals surface area contributed by atoms with Crippen LogP contribution in [0.25, 0.3) is 0 Å². The summed E-state index contributed by atoms with van der Waals surface area (Å²) in [5.41, 5.74) is 6.84. The minimum Gasteiger partial charge on any atom is -0.394 e. The minimum atomic E-state index is -0.640. The molecule has 1 heterocycles. The smallest absolute Gasteiger partial charge is 0.0656 e. The van der Waals surface area contributed by atoms with Crippen LogP contribution in [0.2, 0.25) is 0 Å². The van der Waals surface area contributed by atoms with Gasteiger partial charge in [0.1, 0.15) is 0 Å². The molecule has 0 bridgehead atoms. The van der Waals surface area contributed by atoms with Gasteiger partial charge < -0.3 is 15.7 Å². The standard InChI is InChI=1S/C17H29N3O/c1-15-13-19(2)10-6-11-20(15)12-9-17(18,14-21)16-7-4-3-5-8-16/h3-5,7-8,15,21H,6,9-14,18H2,1-2H3. The molecule has 1 aromatic carbocycles. The number of hydrogen-bond acceptors (Lipinski definition) is 4. The van der Waals surface area contributed by atoms with Gasteiger partial charge in [-0.05, 0) is 45.5 Å². The highest BCUT2D eigenvalue weighted by Gasteiger charge is 2.28. The molecule has 0 saturated carbocycles. The highest BCUT2D eigenvalue weighted by molar-refractivity contribution is 5.24. The second kappa shape index (κ2) is 7.36. The van der Waals surface area contributed by atoms with Crippen LogP contribution in [0.15, 0.2) is 30.3 Å². The first-order chi connectivity index (χ1) is 10.0. The third-order valence-corrected chi connectivity index (χ3v) is 4.66. The monoisotopic (exact) mass is 291 g/mol. The first kappa shape index (κ1) is 16.4. The lowest BCUT2D eigenvalue weighted by atomic mass is 9.88. The number of aliphatic hydroxyl groups is 1. The first-order valence-corrected chi connectivity index (χ1v) is 7.93. The van der Waals surface area contributed by atoms with Gasteiger partial charge in [-0.25, -0.2) is 0 Å². The molecule has 1 saturated heterocycles. The molecule has 0 spiro atoms. The Morgan fingerprint density at radius 1 is 1.29 bits per heavy atom. The van der Waals surface area contributed by atoms with E-state index in [1.54, 1.807) is 0 Å². The fraction of sp³-hybridized carbons (Fsp3) is 0.647. The fourth-order valence-electron chi connectivity index (χ4n) is 3.18. The van der Waals surface area contributed by atoms with E-state index in [-0.39, 0.29) is 6.61 Å². The van der Waals surface area contributed by atoms with Gasteiger partial charge in [-0.2, -0.15) is 0 Å². The first-order valence-electron chi connectivity index (χ1n) is 7.93. The van der Waals surface area contributed by atoms with Crippen molar-refractivity contribution in [2.24, 2.45) is 5.73 Å². The highest BCUT2D eigenvalue weighted by Crippen LogP contribution is 2.23. The van der Waals surface area contributed by atoms with Crippen molar-refractivity contribution in [3.8, 4) is 0 Å². The molecule has 0 aromatic heterocycles. The molecule has 2 atom stereocenters. The lowest BCUT2D eigenvalue weighted by molar-refractivity contribution is 0.144. The predicted molar refractivity (Wildman–Crippen MR) is 87.2 cm³/mol. The van der Waals surface area contributed by atoms with Crippen LogP contribution in [0.4, 0.5) is 0 Å². The molecule has 2 rings (SSSR count). The van der Waals surface area contributed by atoms with Crippen LogP contribution < -0.4 is 5.73 Å². The molecule has 0 amide bonds. The van der Waals surface area contributed by atoms with E-state index >= 15 is 0 Å². The van der Waals surface area contributed by atoms with Gasteiger partial charge in [0, 0.05) is 19.1 Å². The Morgan fingerprint density at radius 3 is 2.67 bits per heavy atom. The molecule has 2 unspecified atom stereocenters. The van der Waals surface area contributed by atoms with Gasteiger partial charge >= 0.3 is 0 Å². The molecular formula is C17H29N3O. The average Bonchev–Trinajstić information content (AvgIpc) is 2.66. The molecule has 21 heavy (non-hydrogen) atoms. The number of nitrogens with two attached hydrogens (primary N) is 1. The van der Waals surface area contributed by atoms with E-state index < -0.39 is 5.54 Å². The quantitative estimate of drug-likeness (QED) is 0.857. The summed E-state index contributed by atoms with van der Waals surface area (Å²) in [6, 6.07) is 10.5. The lowest BCUT2D eigenvalue weighted by Crippen LogP contribution is -2.46. The van der Waals surface area contributed by atoms with E-state index in [0.717, 1.165) is 38.2 Å². The van der Waals surface area contributed by atoms with Crippen LogP contribution in [0.1, 0.15) is 25.3 Å². The molecule has 4 nitrogen and oxygen atoms in total. The summed E-state index contributed by atoms with van der Waals surface area (Å²) in [6.45, 7) is 6.57. The van der Waals surface area contributed by atoms with Gasteiger partial charge in [0.15, 0.2) is 0 Å². The molecule has 3 N–H and O–H groups in total. The van der Waals surface area contributed by atoms with Crippen molar-refractivity contribution in [1.29, 1.82) is 0 Å². The van der Waals surface area contributed by atoms with Gasteiger partial charge in [-0.15, -0.1) is 0 Å². The maximum atomic E-state index is 9.78. The molecule has 0 radical (unpaired) electrons. The van der Waals surface area contributed by atoms with Crippen molar-refractivity contribution in [1.82, 2.24) is 9.80 Å². The number of aliphatic hydroxyl groups excluding tert-OH is 1. The van der Waals surface area contributed by atoms with E-state index in [9.17, 15) is 5.11 Å². The summed E-state index contributed by atoms with van der Waals surface area (Å²) >= 11 is 0. The predicted octanol–water partition coefficient (Wildman–Crippen LogP) is 1.25. The maximum absolute atomic E-state index is 9.78. The Labute approximate surface area is 128 Å². The largest absolute Gasteiger partial charge is 0.394 e.